The molecule has 0 amide bonds. The van der Waals surface area contributed by atoms with E-state index in [-0.39, 0.29) is 0 Å². The molecule has 0 N–H and O–H groups in total. The number of benzene rings is 4. The van der Waals surface area contributed by atoms with Gasteiger partial charge in [-0.3, -0.25) is 0 Å². The highest BCUT2D eigenvalue weighted by molar-refractivity contribution is 6.23. The summed E-state index contributed by atoms with van der Waals surface area (Å²) in [4.78, 5) is 0. The molecule has 0 saturated carbocycles. The normalized spacial score (nSPS) is 11.8. The van der Waals surface area contributed by atoms with E-state index >= 15 is 0 Å². The fourth-order valence-corrected chi connectivity index (χ4v) is 3.05. The quantitative estimate of drug-likeness (QED) is 0.405. The molecule has 0 unspecified atom stereocenters. The summed E-state index contributed by atoms with van der Waals surface area (Å²) in [5.74, 6) is 0. The lowest BCUT2D eigenvalue weighted by molar-refractivity contribution is 1.16. The van der Waals surface area contributed by atoms with E-state index in [2.05, 4.69) is 55.5 Å². The average molecular weight is 229 g/mol. The molecular formula is C18H13. The van der Waals surface area contributed by atoms with E-state index in [0.717, 1.165) is 6.42 Å². The first-order valence-electron chi connectivity index (χ1n) is 6.45. The lowest BCUT2D eigenvalue weighted by Crippen LogP contribution is -1.89. The molecule has 0 bridgehead atoms. The van der Waals surface area contributed by atoms with Crippen molar-refractivity contribution in [2.45, 2.75) is 13.3 Å². The fourth-order valence-electron chi connectivity index (χ4n) is 3.05. The van der Waals surface area contributed by atoms with Gasteiger partial charge < -0.3 is 0 Å². The summed E-state index contributed by atoms with van der Waals surface area (Å²) >= 11 is 0. The van der Waals surface area contributed by atoms with Gasteiger partial charge in [0.25, 0.3) is 0 Å². The summed E-state index contributed by atoms with van der Waals surface area (Å²) in [6.07, 6.45) is 1.08. The predicted molar refractivity (Wildman–Crippen MR) is 78.4 cm³/mol. The molecule has 4 rings (SSSR count). The molecule has 0 spiro atoms. The van der Waals surface area contributed by atoms with E-state index in [9.17, 15) is 0 Å². The molecule has 0 heterocycles. The first-order chi connectivity index (χ1) is 8.88. The monoisotopic (exact) mass is 229 g/mol. The van der Waals surface area contributed by atoms with Gasteiger partial charge in [-0.1, -0.05) is 55.5 Å². The minimum atomic E-state index is 1.08. The van der Waals surface area contributed by atoms with E-state index in [4.69, 9.17) is 0 Å². The van der Waals surface area contributed by atoms with Crippen LogP contribution in [0.4, 0.5) is 0 Å². The second-order valence-corrected chi connectivity index (χ2v) is 4.85. The minimum absolute atomic E-state index is 1.08. The Morgan fingerprint density at radius 3 is 2.78 bits per heavy atom. The fraction of sp³-hybridized carbons (Fsp3) is 0.111. The molecule has 0 heteroatoms. The van der Waals surface area contributed by atoms with E-state index in [0.29, 0.717) is 0 Å². The van der Waals surface area contributed by atoms with Crippen LogP contribution in [0.1, 0.15) is 12.5 Å². The highest BCUT2D eigenvalue weighted by atomic mass is 14.1. The highest BCUT2D eigenvalue weighted by Crippen LogP contribution is 2.36. The molecule has 0 fully saturated rings. The summed E-state index contributed by atoms with van der Waals surface area (Å²) < 4.78 is 0. The topological polar surface area (TPSA) is 0 Å². The van der Waals surface area contributed by atoms with Crippen LogP contribution in [0.5, 0.6) is 0 Å². The van der Waals surface area contributed by atoms with Crippen molar-refractivity contribution in [2.24, 2.45) is 0 Å². The summed E-state index contributed by atoms with van der Waals surface area (Å²) in [7, 11) is 0. The number of aryl methyl sites for hydroxylation is 1. The molecule has 18 heavy (non-hydrogen) atoms. The SMILES string of the molecule is CCc1cc2cc[c]c3ccc4cccc1c4c32. The first kappa shape index (κ1) is 9.90. The molecule has 0 nitrogen and oxygen atoms in total. The number of hydrogen-bond donors (Lipinski definition) is 0. The van der Waals surface area contributed by atoms with E-state index < -0.39 is 0 Å². The largest absolute Gasteiger partial charge is 0.0613 e. The van der Waals surface area contributed by atoms with Gasteiger partial charge in [-0.25, -0.2) is 0 Å². The van der Waals surface area contributed by atoms with Gasteiger partial charge in [0.1, 0.15) is 0 Å². The Bertz CT molecular complexity index is 856. The molecule has 85 valence electrons. The summed E-state index contributed by atoms with van der Waals surface area (Å²) in [5.41, 5.74) is 1.44. The van der Waals surface area contributed by atoms with Gasteiger partial charge in [0.05, 0.1) is 0 Å². The van der Waals surface area contributed by atoms with E-state index in [1.807, 2.05) is 6.07 Å². The maximum absolute atomic E-state index is 3.35. The summed E-state index contributed by atoms with van der Waals surface area (Å²) in [6.45, 7) is 2.23. The van der Waals surface area contributed by atoms with Crippen LogP contribution in [0.3, 0.4) is 0 Å². The maximum Gasteiger partial charge on any atom is -0.00204 e. The van der Waals surface area contributed by atoms with Crippen LogP contribution in [0.2, 0.25) is 0 Å². The van der Waals surface area contributed by atoms with E-state index in [1.54, 1.807) is 0 Å². The van der Waals surface area contributed by atoms with Gasteiger partial charge in [-0.05, 0) is 50.4 Å². The summed E-state index contributed by atoms with van der Waals surface area (Å²) in [5, 5.41) is 8.06. The van der Waals surface area contributed by atoms with Crippen LogP contribution in [0.25, 0.3) is 32.3 Å². The third-order valence-corrected chi connectivity index (χ3v) is 3.89. The first-order valence-corrected chi connectivity index (χ1v) is 6.45. The van der Waals surface area contributed by atoms with Crippen molar-refractivity contribution in [1.82, 2.24) is 0 Å². The van der Waals surface area contributed by atoms with Gasteiger partial charge in [-0.15, -0.1) is 0 Å². The minimum Gasteiger partial charge on any atom is -0.0613 e. The van der Waals surface area contributed by atoms with Gasteiger partial charge in [-0.2, -0.15) is 0 Å². The van der Waals surface area contributed by atoms with Crippen molar-refractivity contribution in [3.8, 4) is 0 Å². The van der Waals surface area contributed by atoms with Crippen molar-refractivity contribution in [2.75, 3.05) is 0 Å². The molecule has 0 aliphatic rings. The molecule has 4 aromatic rings. The number of rotatable bonds is 1. The molecular weight excluding hydrogens is 216 g/mol. The summed E-state index contributed by atoms with van der Waals surface area (Å²) in [6, 6.07) is 20.9. The van der Waals surface area contributed by atoms with Crippen LogP contribution in [-0.4, -0.2) is 0 Å². The lowest BCUT2D eigenvalue weighted by atomic mass is 9.91. The standard InChI is InChI=1S/C18H13/c1-2-12-11-15-7-3-5-13-9-10-14-6-4-8-16(12)18(14)17(13)15/h3-4,6-11H,2H2,1H3. The van der Waals surface area contributed by atoms with Gasteiger partial charge in [0.15, 0.2) is 0 Å². The predicted octanol–water partition coefficient (Wildman–Crippen LogP) is 4.95. The molecule has 0 aromatic heterocycles. The van der Waals surface area contributed by atoms with Crippen LogP contribution in [0, 0.1) is 6.07 Å². The average Bonchev–Trinajstić information content (AvgIpc) is 2.44. The molecule has 4 aromatic carbocycles. The Balaban J connectivity index is 2.43. The van der Waals surface area contributed by atoms with Gasteiger partial charge >= 0.3 is 0 Å². The molecule has 0 aliphatic carbocycles. The van der Waals surface area contributed by atoms with Crippen molar-refractivity contribution in [3.63, 3.8) is 0 Å². The molecule has 0 atom stereocenters. The van der Waals surface area contributed by atoms with Gasteiger partial charge in [0, 0.05) is 0 Å². The van der Waals surface area contributed by atoms with E-state index in [1.165, 1.54) is 37.9 Å². The Hall–Kier alpha value is -2.08. The van der Waals surface area contributed by atoms with Crippen LogP contribution in [-0.2, 0) is 6.42 Å². The highest BCUT2D eigenvalue weighted by Gasteiger charge is 2.10. The smallest absolute Gasteiger partial charge is 0.00204 e. The Morgan fingerprint density at radius 2 is 1.89 bits per heavy atom. The Kier molecular flexibility index (Phi) is 1.90. The van der Waals surface area contributed by atoms with Crippen molar-refractivity contribution >= 4 is 32.3 Å². The van der Waals surface area contributed by atoms with Crippen molar-refractivity contribution < 1.29 is 0 Å². The third kappa shape index (κ3) is 1.15. The zero-order chi connectivity index (χ0) is 12.1. The Labute approximate surface area is 106 Å². The van der Waals surface area contributed by atoms with Crippen molar-refractivity contribution in [3.05, 3.63) is 60.2 Å². The molecule has 1 radical (unpaired) electrons. The maximum atomic E-state index is 3.35. The zero-order valence-electron chi connectivity index (χ0n) is 10.3. The lowest BCUT2D eigenvalue weighted by Gasteiger charge is -2.13. The zero-order valence-corrected chi connectivity index (χ0v) is 10.3. The molecule has 0 aliphatic heterocycles. The second kappa shape index (κ2) is 3.46. The van der Waals surface area contributed by atoms with Crippen LogP contribution >= 0.6 is 0 Å². The number of hydrogen-bond acceptors (Lipinski definition) is 0. The third-order valence-electron chi connectivity index (χ3n) is 3.89. The van der Waals surface area contributed by atoms with Crippen molar-refractivity contribution in [1.29, 1.82) is 0 Å². The van der Waals surface area contributed by atoms with Crippen LogP contribution in [0.15, 0.2) is 48.5 Å². The molecule has 0 saturated heterocycles. The second-order valence-electron chi connectivity index (χ2n) is 4.85. The van der Waals surface area contributed by atoms with Gasteiger partial charge in [0.2, 0.25) is 0 Å². The van der Waals surface area contributed by atoms with Crippen LogP contribution < -0.4 is 0 Å². The Morgan fingerprint density at radius 1 is 0.944 bits per heavy atom.